The third kappa shape index (κ3) is 4.62. The average Bonchev–Trinajstić information content (AvgIpc) is 3.25. The number of esters is 1. The van der Waals surface area contributed by atoms with Gasteiger partial charge < -0.3 is 20.3 Å². The number of urea groups is 1. The third-order valence-electron chi connectivity index (χ3n) is 5.31. The van der Waals surface area contributed by atoms with Crippen molar-refractivity contribution in [3.05, 3.63) is 95.1 Å². The van der Waals surface area contributed by atoms with Gasteiger partial charge in [0.25, 0.3) is 5.91 Å². The molecule has 0 fully saturated rings. The minimum Gasteiger partial charge on any atom is -0.465 e. The largest absolute Gasteiger partial charge is 0.465 e. The number of hydrogen-bond acceptors (Lipinski definition) is 4. The van der Waals surface area contributed by atoms with Crippen LogP contribution in [-0.4, -0.2) is 31.6 Å². The highest BCUT2D eigenvalue weighted by Crippen LogP contribution is 2.30. The van der Waals surface area contributed by atoms with Gasteiger partial charge in [-0.15, -0.1) is 0 Å². The average molecular weight is 429 g/mol. The summed E-state index contributed by atoms with van der Waals surface area (Å²) in [6.07, 6.45) is 0.804. The fraction of sp³-hybridized carbons (Fsp3) is 0.160. The first-order valence-electron chi connectivity index (χ1n) is 10.3. The number of benzene rings is 3. The molecule has 1 aliphatic rings. The number of rotatable bonds is 5. The Morgan fingerprint density at radius 2 is 1.72 bits per heavy atom. The van der Waals surface area contributed by atoms with Crippen molar-refractivity contribution in [3.8, 4) is 0 Å². The van der Waals surface area contributed by atoms with E-state index < -0.39 is 12.0 Å². The SMILES string of the molecule is COC(=O)c1cccc(NC(=O)NCc2ccc3c(c2)N(C(=O)c2ccccc2)CC3)c1. The number of anilines is 2. The molecule has 1 heterocycles. The molecule has 0 saturated heterocycles. The van der Waals surface area contributed by atoms with Crippen LogP contribution in [0.15, 0.2) is 72.8 Å². The first kappa shape index (κ1) is 21.1. The molecule has 162 valence electrons. The van der Waals surface area contributed by atoms with Crippen molar-refractivity contribution in [2.75, 3.05) is 23.9 Å². The molecule has 3 aromatic carbocycles. The zero-order valence-corrected chi connectivity index (χ0v) is 17.6. The van der Waals surface area contributed by atoms with Crippen LogP contribution < -0.4 is 15.5 Å². The Morgan fingerprint density at radius 1 is 0.938 bits per heavy atom. The van der Waals surface area contributed by atoms with E-state index in [1.165, 1.54) is 7.11 Å². The van der Waals surface area contributed by atoms with E-state index in [0.29, 0.717) is 29.9 Å². The van der Waals surface area contributed by atoms with Crippen LogP contribution in [0.5, 0.6) is 0 Å². The normalized spacial score (nSPS) is 12.1. The lowest BCUT2D eigenvalue weighted by Crippen LogP contribution is -2.29. The first-order valence-corrected chi connectivity index (χ1v) is 10.3. The number of nitrogens with one attached hydrogen (secondary N) is 2. The molecule has 0 aliphatic carbocycles. The molecule has 2 N–H and O–H groups in total. The Labute approximate surface area is 186 Å². The topological polar surface area (TPSA) is 87.7 Å². The van der Waals surface area contributed by atoms with Crippen molar-refractivity contribution in [2.24, 2.45) is 0 Å². The second kappa shape index (κ2) is 9.34. The molecule has 0 aromatic heterocycles. The van der Waals surface area contributed by atoms with Crippen molar-refractivity contribution in [2.45, 2.75) is 13.0 Å². The number of carbonyl (C=O) groups is 3. The molecule has 7 heteroatoms. The van der Waals surface area contributed by atoms with Crippen LogP contribution >= 0.6 is 0 Å². The van der Waals surface area contributed by atoms with E-state index in [1.54, 1.807) is 29.2 Å². The second-order valence-electron chi connectivity index (χ2n) is 7.42. The highest BCUT2D eigenvalue weighted by atomic mass is 16.5. The van der Waals surface area contributed by atoms with Crippen LogP contribution in [0.2, 0.25) is 0 Å². The van der Waals surface area contributed by atoms with Crippen LogP contribution in [-0.2, 0) is 17.7 Å². The highest BCUT2D eigenvalue weighted by Gasteiger charge is 2.25. The molecule has 7 nitrogen and oxygen atoms in total. The van der Waals surface area contributed by atoms with E-state index in [4.69, 9.17) is 4.74 Å². The molecule has 0 spiro atoms. The quantitative estimate of drug-likeness (QED) is 0.600. The number of fused-ring (bicyclic) bond motifs is 1. The molecule has 0 atom stereocenters. The van der Waals surface area contributed by atoms with E-state index in [1.807, 2.05) is 48.5 Å². The minimum absolute atomic E-state index is 0.0299. The van der Waals surface area contributed by atoms with Crippen molar-refractivity contribution < 1.29 is 19.1 Å². The summed E-state index contributed by atoms with van der Waals surface area (Å²) in [7, 11) is 1.31. The number of carbonyl (C=O) groups excluding carboxylic acids is 3. The number of ether oxygens (including phenoxy) is 1. The van der Waals surface area contributed by atoms with Gasteiger partial charge in [-0.1, -0.05) is 36.4 Å². The molecular weight excluding hydrogens is 406 g/mol. The Kier molecular flexibility index (Phi) is 6.17. The van der Waals surface area contributed by atoms with Gasteiger partial charge in [-0.05, 0) is 53.9 Å². The van der Waals surface area contributed by atoms with Crippen LogP contribution in [0.25, 0.3) is 0 Å². The summed E-state index contributed by atoms with van der Waals surface area (Å²) in [5.74, 6) is -0.500. The zero-order chi connectivity index (χ0) is 22.5. The molecule has 32 heavy (non-hydrogen) atoms. The summed E-state index contributed by atoms with van der Waals surface area (Å²) in [4.78, 5) is 38.7. The van der Waals surface area contributed by atoms with Crippen molar-refractivity contribution in [3.63, 3.8) is 0 Å². The van der Waals surface area contributed by atoms with Gasteiger partial charge in [0.15, 0.2) is 0 Å². The van der Waals surface area contributed by atoms with E-state index >= 15 is 0 Å². The molecule has 0 saturated carbocycles. The van der Waals surface area contributed by atoms with E-state index in [0.717, 1.165) is 23.2 Å². The lowest BCUT2D eigenvalue weighted by molar-refractivity contribution is 0.0600. The smallest absolute Gasteiger partial charge is 0.337 e. The first-order chi connectivity index (χ1) is 15.5. The Morgan fingerprint density at radius 3 is 2.50 bits per heavy atom. The standard InChI is InChI=1S/C25H23N3O4/c1-32-24(30)20-8-5-9-21(15-20)27-25(31)26-16-17-10-11-18-12-13-28(22(18)14-17)23(29)19-6-3-2-4-7-19/h2-11,14-15H,12-13,16H2,1H3,(H2,26,27,31). The van der Waals surface area contributed by atoms with Gasteiger partial charge in [0.05, 0.1) is 12.7 Å². The van der Waals surface area contributed by atoms with E-state index in [2.05, 4.69) is 10.6 Å². The van der Waals surface area contributed by atoms with Gasteiger partial charge in [0, 0.05) is 30.0 Å². The third-order valence-corrected chi connectivity index (χ3v) is 5.31. The number of nitrogens with zero attached hydrogens (tertiary/aromatic N) is 1. The Bertz CT molecular complexity index is 1160. The lowest BCUT2D eigenvalue weighted by Gasteiger charge is -2.18. The van der Waals surface area contributed by atoms with Gasteiger partial charge in [0.1, 0.15) is 0 Å². The highest BCUT2D eigenvalue weighted by molar-refractivity contribution is 6.07. The summed E-state index contributed by atoms with van der Waals surface area (Å²) in [5, 5.41) is 5.52. The predicted molar refractivity (Wildman–Crippen MR) is 122 cm³/mol. The van der Waals surface area contributed by atoms with E-state index in [9.17, 15) is 14.4 Å². The molecule has 0 bridgehead atoms. The molecule has 3 aromatic rings. The molecule has 0 radical (unpaired) electrons. The van der Waals surface area contributed by atoms with Gasteiger partial charge in [-0.2, -0.15) is 0 Å². The molecule has 3 amide bonds. The van der Waals surface area contributed by atoms with Gasteiger partial charge in [0.2, 0.25) is 0 Å². The van der Waals surface area contributed by atoms with E-state index in [-0.39, 0.29) is 5.91 Å². The monoisotopic (exact) mass is 429 g/mol. The molecule has 4 rings (SSSR count). The number of amides is 3. The van der Waals surface area contributed by atoms with Crippen LogP contribution in [0, 0.1) is 0 Å². The maximum absolute atomic E-state index is 12.9. The zero-order valence-electron chi connectivity index (χ0n) is 17.6. The maximum atomic E-state index is 12.9. The Balaban J connectivity index is 1.40. The summed E-state index contributed by atoms with van der Waals surface area (Å²) in [5.41, 5.74) is 4.37. The second-order valence-corrected chi connectivity index (χ2v) is 7.42. The van der Waals surface area contributed by atoms with Gasteiger partial charge in [-0.3, -0.25) is 4.79 Å². The van der Waals surface area contributed by atoms with Crippen molar-refractivity contribution >= 4 is 29.3 Å². The van der Waals surface area contributed by atoms with Crippen LogP contribution in [0.4, 0.5) is 16.2 Å². The maximum Gasteiger partial charge on any atom is 0.337 e. The molecule has 0 unspecified atom stereocenters. The summed E-state index contributed by atoms with van der Waals surface area (Å²) >= 11 is 0. The fourth-order valence-corrected chi connectivity index (χ4v) is 3.68. The lowest BCUT2D eigenvalue weighted by atomic mass is 10.1. The summed E-state index contributed by atoms with van der Waals surface area (Å²) in [6, 6.07) is 21.2. The Hall–Kier alpha value is -4.13. The van der Waals surface area contributed by atoms with Gasteiger partial charge in [-0.25, -0.2) is 9.59 Å². The minimum atomic E-state index is -0.471. The molecular formula is C25H23N3O4. The predicted octanol–water partition coefficient (Wildman–Crippen LogP) is 4.00. The van der Waals surface area contributed by atoms with Gasteiger partial charge >= 0.3 is 12.0 Å². The molecule has 1 aliphatic heterocycles. The van der Waals surface area contributed by atoms with Crippen molar-refractivity contribution in [1.82, 2.24) is 5.32 Å². The number of hydrogen-bond donors (Lipinski definition) is 2. The number of methoxy groups -OCH3 is 1. The van der Waals surface area contributed by atoms with Crippen molar-refractivity contribution in [1.29, 1.82) is 0 Å². The summed E-state index contributed by atoms with van der Waals surface area (Å²) in [6.45, 7) is 0.931. The fourth-order valence-electron chi connectivity index (χ4n) is 3.68. The van der Waals surface area contributed by atoms with Crippen LogP contribution in [0.1, 0.15) is 31.8 Å². The summed E-state index contributed by atoms with van der Waals surface area (Å²) < 4.78 is 4.70. The van der Waals surface area contributed by atoms with Crippen LogP contribution in [0.3, 0.4) is 0 Å².